The molecule has 1 heterocycles. The molecule has 1 saturated heterocycles. The Morgan fingerprint density at radius 2 is 2.17 bits per heavy atom. The monoisotopic (exact) mass is 255 g/mol. The van der Waals surface area contributed by atoms with Crippen LogP contribution in [0.1, 0.15) is 26.2 Å². The molecule has 0 aromatic heterocycles. The second-order valence-corrected chi connectivity index (χ2v) is 5.39. The van der Waals surface area contributed by atoms with Gasteiger partial charge in [-0.2, -0.15) is 0 Å². The topological polar surface area (TPSA) is 93.5 Å². The second-order valence-electron chi connectivity index (χ2n) is 5.39. The van der Waals surface area contributed by atoms with E-state index in [4.69, 9.17) is 10.5 Å². The molecule has 1 aliphatic heterocycles. The van der Waals surface area contributed by atoms with Crippen molar-refractivity contribution in [3.05, 3.63) is 0 Å². The number of carbonyl (C=O) groups excluding carboxylic acids is 2. The van der Waals surface area contributed by atoms with Crippen LogP contribution in [0.4, 0.5) is 0 Å². The van der Waals surface area contributed by atoms with Crippen molar-refractivity contribution in [1.82, 2.24) is 10.6 Å². The normalized spacial score (nSPS) is 31.1. The SMILES string of the molecule is CC1(C(=O)NCCC(=O)NC2CC2)COCC1N. The first-order chi connectivity index (χ1) is 8.52. The Bertz CT molecular complexity index is 343. The number of amides is 2. The predicted octanol–water partition coefficient (Wildman–Crippen LogP) is -0.865. The molecule has 0 radical (unpaired) electrons. The van der Waals surface area contributed by atoms with Gasteiger partial charge in [0.05, 0.1) is 18.6 Å². The van der Waals surface area contributed by atoms with Gasteiger partial charge >= 0.3 is 0 Å². The molecule has 0 bridgehead atoms. The number of ether oxygens (including phenoxy) is 1. The molecule has 6 heteroatoms. The number of nitrogens with one attached hydrogen (secondary N) is 2. The number of carbonyl (C=O) groups is 2. The van der Waals surface area contributed by atoms with Gasteiger partial charge in [0.25, 0.3) is 0 Å². The zero-order valence-corrected chi connectivity index (χ0v) is 10.7. The summed E-state index contributed by atoms with van der Waals surface area (Å²) in [5, 5.41) is 5.64. The summed E-state index contributed by atoms with van der Waals surface area (Å²) in [6, 6.07) is 0.0835. The van der Waals surface area contributed by atoms with E-state index in [-0.39, 0.29) is 17.9 Å². The quantitative estimate of drug-likeness (QED) is 0.595. The average molecular weight is 255 g/mol. The fourth-order valence-corrected chi connectivity index (χ4v) is 1.94. The molecule has 18 heavy (non-hydrogen) atoms. The summed E-state index contributed by atoms with van der Waals surface area (Å²) in [5.74, 6) is -0.137. The fourth-order valence-electron chi connectivity index (χ4n) is 1.94. The standard InChI is InChI=1S/C12H21N3O3/c1-12(7-18-6-9(12)13)11(17)14-5-4-10(16)15-8-2-3-8/h8-9H,2-7,13H2,1H3,(H,14,17)(H,15,16). The van der Waals surface area contributed by atoms with Crippen LogP contribution in [0.5, 0.6) is 0 Å². The van der Waals surface area contributed by atoms with Crippen molar-refractivity contribution >= 4 is 11.8 Å². The van der Waals surface area contributed by atoms with Crippen LogP contribution in [0.3, 0.4) is 0 Å². The lowest BCUT2D eigenvalue weighted by atomic mass is 9.85. The van der Waals surface area contributed by atoms with E-state index in [1.165, 1.54) is 0 Å². The van der Waals surface area contributed by atoms with E-state index in [0.29, 0.717) is 32.2 Å². The van der Waals surface area contributed by atoms with Crippen LogP contribution >= 0.6 is 0 Å². The highest BCUT2D eigenvalue weighted by Crippen LogP contribution is 2.27. The van der Waals surface area contributed by atoms with Gasteiger partial charge in [0, 0.05) is 25.0 Å². The van der Waals surface area contributed by atoms with Crippen molar-refractivity contribution in [2.75, 3.05) is 19.8 Å². The Morgan fingerprint density at radius 3 is 2.72 bits per heavy atom. The van der Waals surface area contributed by atoms with Crippen LogP contribution in [0.15, 0.2) is 0 Å². The Kier molecular flexibility index (Phi) is 3.87. The van der Waals surface area contributed by atoms with Crippen LogP contribution in [0.2, 0.25) is 0 Å². The minimum absolute atomic E-state index is 0.00470. The number of nitrogens with two attached hydrogens (primary N) is 1. The first-order valence-corrected chi connectivity index (χ1v) is 6.43. The molecule has 6 nitrogen and oxygen atoms in total. The zero-order chi connectivity index (χ0) is 13.2. The van der Waals surface area contributed by atoms with Gasteiger partial charge in [0.15, 0.2) is 0 Å². The first-order valence-electron chi connectivity index (χ1n) is 6.43. The van der Waals surface area contributed by atoms with Crippen LogP contribution in [0.25, 0.3) is 0 Å². The molecular weight excluding hydrogens is 234 g/mol. The molecule has 2 unspecified atom stereocenters. The van der Waals surface area contributed by atoms with Crippen molar-refractivity contribution in [2.24, 2.45) is 11.1 Å². The van der Waals surface area contributed by atoms with Crippen LogP contribution < -0.4 is 16.4 Å². The third-order valence-electron chi connectivity index (χ3n) is 3.62. The maximum absolute atomic E-state index is 12.0. The van der Waals surface area contributed by atoms with Crippen LogP contribution in [-0.2, 0) is 14.3 Å². The maximum Gasteiger partial charge on any atom is 0.229 e. The molecule has 0 spiro atoms. The van der Waals surface area contributed by atoms with Gasteiger partial charge in [0.2, 0.25) is 11.8 Å². The maximum atomic E-state index is 12.0. The molecule has 1 aliphatic carbocycles. The molecule has 102 valence electrons. The van der Waals surface area contributed by atoms with Crippen molar-refractivity contribution in [1.29, 1.82) is 0 Å². The van der Waals surface area contributed by atoms with E-state index in [2.05, 4.69) is 10.6 Å². The van der Waals surface area contributed by atoms with Crippen LogP contribution in [0, 0.1) is 5.41 Å². The minimum Gasteiger partial charge on any atom is -0.379 e. The lowest BCUT2D eigenvalue weighted by molar-refractivity contribution is -0.130. The summed E-state index contributed by atoms with van der Waals surface area (Å²) in [7, 11) is 0. The zero-order valence-electron chi connectivity index (χ0n) is 10.7. The van der Waals surface area contributed by atoms with Crippen LogP contribution in [-0.4, -0.2) is 43.7 Å². The summed E-state index contributed by atoms with van der Waals surface area (Å²) >= 11 is 0. The molecular formula is C12H21N3O3. The van der Waals surface area contributed by atoms with Gasteiger partial charge in [-0.3, -0.25) is 9.59 Å². The van der Waals surface area contributed by atoms with Gasteiger partial charge in [-0.05, 0) is 19.8 Å². The van der Waals surface area contributed by atoms with Gasteiger partial charge in [0.1, 0.15) is 0 Å². The predicted molar refractivity (Wildman–Crippen MR) is 65.7 cm³/mol. The van der Waals surface area contributed by atoms with E-state index in [1.807, 2.05) is 0 Å². The summed E-state index contributed by atoms with van der Waals surface area (Å²) in [4.78, 5) is 23.4. The van der Waals surface area contributed by atoms with Crippen molar-refractivity contribution in [3.63, 3.8) is 0 Å². The average Bonchev–Trinajstić information content (AvgIpc) is 3.05. The highest BCUT2D eigenvalue weighted by atomic mass is 16.5. The fraction of sp³-hybridized carbons (Fsp3) is 0.833. The molecule has 0 aromatic carbocycles. The highest BCUT2D eigenvalue weighted by molar-refractivity contribution is 5.84. The second kappa shape index (κ2) is 5.24. The molecule has 2 aliphatic rings. The molecule has 2 fully saturated rings. The van der Waals surface area contributed by atoms with Gasteiger partial charge in [-0.15, -0.1) is 0 Å². The van der Waals surface area contributed by atoms with Crippen molar-refractivity contribution in [2.45, 2.75) is 38.3 Å². The van der Waals surface area contributed by atoms with E-state index < -0.39 is 5.41 Å². The summed E-state index contributed by atoms with van der Waals surface area (Å²) in [5.41, 5.74) is 5.18. The van der Waals surface area contributed by atoms with E-state index in [9.17, 15) is 9.59 Å². The summed E-state index contributed by atoms with van der Waals surface area (Å²) < 4.78 is 5.22. The number of rotatable bonds is 5. The van der Waals surface area contributed by atoms with Crippen molar-refractivity contribution < 1.29 is 14.3 Å². The van der Waals surface area contributed by atoms with E-state index >= 15 is 0 Å². The molecule has 2 amide bonds. The Balaban J connectivity index is 1.69. The molecule has 2 rings (SSSR count). The molecule has 4 N–H and O–H groups in total. The van der Waals surface area contributed by atoms with E-state index in [1.54, 1.807) is 6.92 Å². The lowest BCUT2D eigenvalue weighted by Crippen LogP contribution is -2.50. The third kappa shape index (κ3) is 3.00. The molecule has 2 atom stereocenters. The number of hydrogen-bond donors (Lipinski definition) is 3. The van der Waals surface area contributed by atoms with Gasteiger partial charge < -0.3 is 21.1 Å². The minimum atomic E-state index is -0.674. The van der Waals surface area contributed by atoms with Gasteiger partial charge in [-0.1, -0.05) is 0 Å². The van der Waals surface area contributed by atoms with Crippen molar-refractivity contribution in [3.8, 4) is 0 Å². The third-order valence-corrected chi connectivity index (χ3v) is 3.62. The smallest absolute Gasteiger partial charge is 0.229 e. The molecule has 0 aromatic rings. The molecule has 1 saturated carbocycles. The summed E-state index contributed by atoms with van der Waals surface area (Å²) in [6.07, 6.45) is 2.46. The Labute approximate surface area is 107 Å². The van der Waals surface area contributed by atoms with E-state index in [0.717, 1.165) is 12.8 Å². The number of hydrogen-bond acceptors (Lipinski definition) is 4. The summed E-state index contributed by atoms with van der Waals surface area (Å²) in [6.45, 7) is 2.89. The highest BCUT2D eigenvalue weighted by Gasteiger charge is 2.44. The Morgan fingerprint density at radius 1 is 1.44 bits per heavy atom. The largest absolute Gasteiger partial charge is 0.379 e. The lowest BCUT2D eigenvalue weighted by Gasteiger charge is -2.25. The first kappa shape index (κ1) is 13.3. The van der Waals surface area contributed by atoms with Gasteiger partial charge in [-0.25, -0.2) is 0 Å². The Hall–Kier alpha value is -1.14.